The van der Waals surface area contributed by atoms with Crippen LogP contribution in [0.2, 0.25) is 0 Å². The van der Waals surface area contributed by atoms with Gasteiger partial charge in [-0.2, -0.15) is 5.26 Å². The number of benzene rings is 1. The molecule has 104 valence electrons. The average Bonchev–Trinajstić information content (AvgIpc) is 2.46. The largest absolute Gasteiger partial charge is 0.480 e. The lowest BCUT2D eigenvalue weighted by molar-refractivity contribution is -0.139. The number of nitrogens with zero attached hydrogens (tertiary/aromatic N) is 1. The van der Waals surface area contributed by atoms with E-state index in [4.69, 9.17) is 10.4 Å². The molecule has 0 bridgehead atoms. The number of amides is 1. The van der Waals surface area contributed by atoms with Crippen molar-refractivity contribution in [3.05, 3.63) is 48.0 Å². The Hall–Kier alpha value is -2.61. The molecule has 0 spiro atoms. The van der Waals surface area contributed by atoms with Crippen LogP contribution in [0.25, 0.3) is 0 Å². The third-order valence-corrected chi connectivity index (χ3v) is 2.78. The molecule has 0 aliphatic carbocycles. The van der Waals surface area contributed by atoms with Gasteiger partial charge in [-0.05, 0) is 43.5 Å². The number of nitriles is 1. The highest BCUT2D eigenvalue weighted by molar-refractivity contribution is 5.96. The van der Waals surface area contributed by atoms with Gasteiger partial charge in [-0.15, -0.1) is 6.58 Å². The average molecular weight is 272 g/mol. The summed E-state index contributed by atoms with van der Waals surface area (Å²) in [5, 5.41) is 20.2. The Bertz CT molecular complexity index is 529. The van der Waals surface area contributed by atoms with Crippen LogP contribution in [0.1, 0.15) is 35.2 Å². The number of unbranched alkanes of at least 4 members (excludes halogenated alkanes) is 1. The number of carbonyl (C=O) groups is 2. The Morgan fingerprint density at radius 2 is 2.05 bits per heavy atom. The molecule has 20 heavy (non-hydrogen) atoms. The third kappa shape index (κ3) is 4.58. The molecule has 5 heteroatoms. The number of hydrogen-bond donors (Lipinski definition) is 2. The van der Waals surface area contributed by atoms with Crippen LogP contribution in [0.3, 0.4) is 0 Å². The smallest absolute Gasteiger partial charge is 0.326 e. The Balaban J connectivity index is 2.67. The lowest BCUT2D eigenvalue weighted by Gasteiger charge is -2.14. The minimum Gasteiger partial charge on any atom is -0.480 e. The zero-order chi connectivity index (χ0) is 15.0. The summed E-state index contributed by atoms with van der Waals surface area (Å²) >= 11 is 0. The highest BCUT2D eigenvalue weighted by atomic mass is 16.4. The normalized spacial score (nSPS) is 11.2. The molecule has 1 aromatic rings. The standard InChI is InChI=1S/C15H16N2O3/c1-2-3-4-5-13(15(19)20)17-14(18)12-8-6-11(10-16)7-9-12/h2,6-9,13H,1,3-5H2,(H,17,18)(H,19,20)/t13-/m1/s1. The predicted molar refractivity (Wildman–Crippen MR) is 74.1 cm³/mol. The summed E-state index contributed by atoms with van der Waals surface area (Å²) in [4.78, 5) is 23.0. The molecule has 0 aliphatic rings. The molecular formula is C15H16N2O3. The van der Waals surface area contributed by atoms with Crippen molar-refractivity contribution >= 4 is 11.9 Å². The Morgan fingerprint density at radius 1 is 1.40 bits per heavy atom. The number of rotatable bonds is 7. The molecule has 1 rings (SSSR count). The van der Waals surface area contributed by atoms with Crippen LogP contribution in [0.4, 0.5) is 0 Å². The number of carboxylic acids is 1. The lowest BCUT2D eigenvalue weighted by atomic mass is 10.1. The first-order valence-electron chi connectivity index (χ1n) is 6.23. The molecule has 2 N–H and O–H groups in total. The molecule has 0 radical (unpaired) electrons. The highest BCUT2D eigenvalue weighted by Gasteiger charge is 2.19. The second-order valence-electron chi connectivity index (χ2n) is 4.27. The van der Waals surface area contributed by atoms with Crippen molar-refractivity contribution in [2.45, 2.75) is 25.3 Å². The van der Waals surface area contributed by atoms with Crippen molar-refractivity contribution in [2.24, 2.45) is 0 Å². The molecule has 0 heterocycles. The maximum Gasteiger partial charge on any atom is 0.326 e. The Kier molecular flexibility index (Phi) is 5.98. The molecule has 5 nitrogen and oxygen atoms in total. The molecular weight excluding hydrogens is 256 g/mol. The van der Waals surface area contributed by atoms with Gasteiger partial charge in [0.25, 0.3) is 5.91 Å². The summed E-state index contributed by atoms with van der Waals surface area (Å²) in [5.41, 5.74) is 0.779. The Morgan fingerprint density at radius 3 is 2.55 bits per heavy atom. The minimum atomic E-state index is -1.06. The van der Waals surface area contributed by atoms with Crippen molar-refractivity contribution in [3.63, 3.8) is 0 Å². The van der Waals surface area contributed by atoms with E-state index in [2.05, 4.69) is 11.9 Å². The van der Waals surface area contributed by atoms with E-state index in [1.165, 1.54) is 24.3 Å². The first kappa shape index (κ1) is 15.4. The van der Waals surface area contributed by atoms with Gasteiger partial charge in [0, 0.05) is 5.56 Å². The van der Waals surface area contributed by atoms with Crippen molar-refractivity contribution in [3.8, 4) is 6.07 Å². The van der Waals surface area contributed by atoms with E-state index in [1.807, 2.05) is 6.07 Å². The lowest BCUT2D eigenvalue weighted by Crippen LogP contribution is -2.40. The van der Waals surface area contributed by atoms with Crippen LogP contribution < -0.4 is 5.32 Å². The molecule has 1 atom stereocenters. The van der Waals surface area contributed by atoms with Crippen LogP contribution in [-0.2, 0) is 4.79 Å². The summed E-state index contributed by atoms with van der Waals surface area (Å²) in [7, 11) is 0. The van der Waals surface area contributed by atoms with Gasteiger partial charge in [0.1, 0.15) is 6.04 Å². The molecule has 1 aromatic carbocycles. The number of hydrogen-bond acceptors (Lipinski definition) is 3. The number of allylic oxidation sites excluding steroid dienone is 1. The first-order chi connectivity index (χ1) is 9.58. The second kappa shape index (κ2) is 7.74. The molecule has 0 fully saturated rings. The van der Waals surface area contributed by atoms with E-state index in [1.54, 1.807) is 6.08 Å². The fraction of sp³-hybridized carbons (Fsp3) is 0.267. The molecule has 0 saturated carbocycles. The summed E-state index contributed by atoms with van der Waals surface area (Å²) in [5.74, 6) is -1.52. The number of carbonyl (C=O) groups excluding carboxylic acids is 1. The topological polar surface area (TPSA) is 90.2 Å². The van der Waals surface area contributed by atoms with E-state index >= 15 is 0 Å². The van der Waals surface area contributed by atoms with Crippen LogP contribution in [0.5, 0.6) is 0 Å². The number of carboxylic acid groups (broad SMARTS) is 1. The quantitative estimate of drug-likeness (QED) is 0.587. The minimum absolute atomic E-state index is 0.332. The second-order valence-corrected chi connectivity index (χ2v) is 4.27. The molecule has 0 saturated heterocycles. The van der Waals surface area contributed by atoms with Gasteiger partial charge in [-0.1, -0.05) is 6.08 Å². The number of nitrogens with one attached hydrogen (secondary N) is 1. The van der Waals surface area contributed by atoms with Crippen molar-refractivity contribution < 1.29 is 14.7 Å². The SMILES string of the molecule is C=CCCC[C@@H](NC(=O)c1ccc(C#N)cc1)C(=O)O. The predicted octanol–water partition coefficient (Wildman–Crippen LogP) is 2.10. The van der Waals surface area contributed by atoms with E-state index in [0.29, 0.717) is 30.4 Å². The molecule has 1 amide bonds. The summed E-state index contributed by atoms with van der Waals surface area (Å²) in [6, 6.07) is 7.06. The van der Waals surface area contributed by atoms with Gasteiger partial charge < -0.3 is 10.4 Å². The maximum atomic E-state index is 11.9. The third-order valence-electron chi connectivity index (χ3n) is 2.78. The van der Waals surface area contributed by atoms with Crippen LogP contribution >= 0.6 is 0 Å². The zero-order valence-electron chi connectivity index (χ0n) is 11.0. The first-order valence-corrected chi connectivity index (χ1v) is 6.23. The maximum absolute atomic E-state index is 11.9. The van der Waals surface area contributed by atoms with Crippen molar-refractivity contribution in [2.75, 3.05) is 0 Å². The van der Waals surface area contributed by atoms with E-state index in [-0.39, 0.29) is 0 Å². The summed E-state index contributed by atoms with van der Waals surface area (Å²) in [6.45, 7) is 3.57. The van der Waals surface area contributed by atoms with Gasteiger partial charge in [0.05, 0.1) is 11.6 Å². The fourth-order valence-corrected chi connectivity index (χ4v) is 1.66. The van der Waals surface area contributed by atoms with E-state index in [0.717, 1.165) is 0 Å². The van der Waals surface area contributed by atoms with E-state index < -0.39 is 17.9 Å². The van der Waals surface area contributed by atoms with Crippen molar-refractivity contribution in [1.82, 2.24) is 5.32 Å². The fourth-order valence-electron chi connectivity index (χ4n) is 1.66. The van der Waals surface area contributed by atoms with Gasteiger partial charge in [-0.25, -0.2) is 4.79 Å². The van der Waals surface area contributed by atoms with Crippen LogP contribution in [0, 0.1) is 11.3 Å². The zero-order valence-corrected chi connectivity index (χ0v) is 11.0. The van der Waals surface area contributed by atoms with Crippen molar-refractivity contribution in [1.29, 1.82) is 5.26 Å². The number of aliphatic carboxylic acids is 1. The summed E-state index contributed by atoms with van der Waals surface area (Å²) in [6.07, 6.45) is 3.41. The molecule has 0 aromatic heterocycles. The summed E-state index contributed by atoms with van der Waals surface area (Å²) < 4.78 is 0. The van der Waals surface area contributed by atoms with Gasteiger partial charge >= 0.3 is 5.97 Å². The van der Waals surface area contributed by atoms with Crippen LogP contribution in [0.15, 0.2) is 36.9 Å². The van der Waals surface area contributed by atoms with Crippen LogP contribution in [-0.4, -0.2) is 23.0 Å². The van der Waals surface area contributed by atoms with Gasteiger partial charge in [0.15, 0.2) is 0 Å². The van der Waals surface area contributed by atoms with E-state index in [9.17, 15) is 9.59 Å². The monoisotopic (exact) mass is 272 g/mol. The van der Waals surface area contributed by atoms with Gasteiger partial charge in [-0.3, -0.25) is 4.79 Å². The van der Waals surface area contributed by atoms with Gasteiger partial charge in [0.2, 0.25) is 0 Å². The molecule has 0 aliphatic heterocycles. The Labute approximate surface area is 117 Å². The molecule has 0 unspecified atom stereocenters. The highest BCUT2D eigenvalue weighted by Crippen LogP contribution is 2.06.